The van der Waals surface area contributed by atoms with Crippen LogP contribution in [0, 0.1) is 17.8 Å². The molecule has 0 unspecified atom stereocenters. The largest absolute Gasteiger partial charge is 0.367 e. The summed E-state index contributed by atoms with van der Waals surface area (Å²) in [7, 11) is 0. The van der Waals surface area contributed by atoms with Crippen LogP contribution in [0.4, 0.5) is 5.95 Å². The molecular weight excluding hydrogens is 332 g/mol. The molecule has 1 aromatic heterocycles. The number of allylic oxidation sites excluding steroid dienone is 2. The molecule has 3 aliphatic carbocycles. The van der Waals surface area contributed by atoms with Gasteiger partial charge in [-0.3, -0.25) is 9.59 Å². The van der Waals surface area contributed by atoms with Crippen molar-refractivity contribution in [2.24, 2.45) is 17.8 Å². The van der Waals surface area contributed by atoms with E-state index in [1.54, 1.807) is 0 Å². The molecule has 26 heavy (non-hydrogen) atoms. The van der Waals surface area contributed by atoms with Gasteiger partial charge in [-0.25, -0.2) is 9.67 Å². The van der Waals surface area contributed by atoms with E-state index in [1.165, 1.54) is 17.4 Å². The number of nitrogens with two attached hydrogens (primary N) is 1. The van der Waals surface area contributed by atoms with Crippen molar-refractivity contribution in [2.45, 2.75) is 44.3 Å². The lowest BCUT2D eigenvalue weighted by atomic mass is 9.68. The Hall–Kier alpha value is -2.38. The van der Waals surface area contributed by atoms with Gasteiger partial charge in [0.25, 0.3) is 0 Å². The van der Waals surface area contributed by atoms with Crippen molar-refractivity contribution in [3.63, 3.8) is 0 Å². The topological polar surface area (TPSA) is 97.3 Å². The molecule has 2 aliphatic heterocycles. The lowest BCUT2D eigenvalue weighted by Crippen LogP contribution is -2.53. The fourth-order valence-electron chi connectivity index (χ4n) is 5.29. The summed E-state index contributed by atoms with van der Waals surface area (Å²) in [5.74, 6) is 1.67. The maximum atomic E-state index is 13.1. The van der Waals surface area contributed by atoms with Crippen molar-refractivity contribution in [1.82, 2.24) is 24.6 Å². The maximum absolute atomic E-state index is 13.1. The quantitative estimate of drug-likeness (QED) is 0.784. The van der Waals surface area contributed by atoms with Gasteiger partial charge in [-0.15, -0.1) is 5.10 Å². The van der Waals surface area contributed by atoms with E-state index >= 15 is 0 Å². The molecule has 2 amide bonds. The Morgan fingerprint density at radius 3 is 2.50 bits per heavy atom. The number of nitrogen functional groups attached to an aromatic ring is 1. The third kappa shape index (κ3) is 2.50. The van der Waals surface area contributed by atoms with Crippen LogP contribution in [0.25, 0.3) is 0 Å². The highest BCUT2D eigenvalue weighted by Crippen LogP contribution is 2.43. The first-order valence-corrected chi connectivity index (χ1v) is 9.51. The first-order chi connectivity index (χ1) is 12.6. The number of likely N-dealkylation sites (tertiary alicyclic amines) is 2. The van der Waals surface area contributed by atoms with Crippen LogP contribution in [0.3, 0.4) is 0 Å². The second kappa shape index (κ2) is 5.82. The van der Waals surface area contributed by atoms with Gasteiger partial charge in [0.1, 0.15) is 12.9 Å². The average Bonchev–Trinajstić information content (AvgIpc) is 3.37. The normalized spacial score (nSPS) is 34.7. The number of anilines is 1. The zero-order valence-electron chi connectivity index (χ0n) is 14.7. The molecule has 2 N–H and O–H groups in total. The van der Waals surface area contributed by atoms with Crippen LogP contribution in [-0.2, 0) is 16.1 Å². The van der Waals surface area contributed by atoms with Crippen LogP contribution in [0.2, 0.25) is 0 Å². The molecule has 5 aliphatic rings. The van der Waals surface area contributed by atoms with Crippen LogP contribution >= 0.6 is 0 Å². The number of piperazine rings is 1. The summed E-state index contributed by atoms with van der Waals surface area (Å²) in [5.41, 5.74) is 5.50. The lowest BCUT2D eigenvalue weighted by Gasteiger charge is -2.41. The van der Waals surface area contributed by atoms with Crippen molar-refractivity contribution in [3.05, 3.63) is 18.5 Å². The second-order valence-corrected chi connectivity index (χ2v) is 8.11. The SMILES string of the molecule is Nc1ncn(CC(=O)N2C[C@@H]3C[C@H]2CN3C(=O)[C@@H]2C[C@@H]3C=C[C@H]2CC3)n1. The fraction of sp³-hybridized carbons (Fsp3) is 0.667. The summed E-state index contributed by atoms with van der Waals surface area (Å²) >= 11 is 0. The highest BCUT2D eigenvalue weighted by Gasteiger charge is 2.49. The van der Waals surface area contributed by atoms with E-state index in [0.29, 0.717) is 30.8 Å². The first-order valence-electron chi connectivity index (χ1n) is 9.51. The summed E-state index contributed by atoms with van der Waals surface area (Å²) in [4.78, 5) is 33.5. The highest BCUT2D eigenvalue weighted by molar-refractivity contribution is 5.82. The van der Waals surface area contributed by atoms with Gasteiger partial charge in [-0.05, 0) is 37.5 Å². The van der Waals surface area contributed by atoms with E-state index in [4.69, 9.17) is 5.73 Å². The molecule has 3 fully saturated rings. The zero-order valence-corrected chi connectivity index (χ0v) is 14.7. The van der Waals surface area contributed by atoms with Crippen LogP contribution in [-0.4, -0.2) is 61.6 Å². The standard InChI is InChI=1S/C18H24N6O2/c19-18-20-10-22(21-18)9-16(25)23-7-14-6-13(23)8-24(14)17(26)15-5-11-1-3-12(15)4-2-11/h1,3,10-15H,2,4-9H2,(H2,19,21)/t11-,12+,13+,14+,15-/m1/s1. The molecule has 0 spiro atoms. The number of rotatable bonds is 3. The van der Waals surface area contributed by atoms with Crippen LogP contribution < -0.4 is 5.73 Å². The molecular formula is C18H24N6O2. The van der Waals surface area contributed by atoms with Gasteiger partial charge in [0.05, 0.1) is 12.1 Å². The number of hydrogen-bond donors (Lipinski definition) is 1. The van der Waals surface area contributed by atoms with Crippen LogP contribution in [0.1, 0.15) is 25.7 Å². The Morgan fingerprint density at radius 1 is 1.12 bits per heavy atom. The van der Waals surface area contributed by atoms with Gasteiger partial charge in [0, 0.05) is 19.0 Å². The smallest absolute Gasteiger partial charge is 0.244 e. The van der Waals surface area contributed by atoms with Gasteiger partial charge < -0.3 is 15.5 Å². The molecule has 6 rings (SSSR count). The van der Waals surface area contributed by atoms with Crippen molar-refractivity contribution >= 4 is 17.8 Å². The Balaban J connectivity index is 1.22. The third-order valence-corrected chi connectivity index (χ3v) is 6.59. The molecule has 0 aromatic carbocycles. The predicted octanol–water partition coefficient (Wildman–Crippen LogP) is 0.274. The average molecular weight is 356 g/mol. The first kappa shape index (κ1) is 15.8. The molecule has 8 nitrogen and oxygen atoms in total. The Kier molecular flexibility index (Phi) is 3.55. The van der Waals surface area contributed by atoms with E-state index in [-0.39, 0.29) is 36.4 Å². The molecule has 138 valence electrons. The number of carbonyl (C=O) groups is 2. The van der Waals surface area contributed by atoms with Crippen molar-refractivity contribution in [1.29, 1.82) is 0 Å². The molecule has 1 aromatic rings. The van der Waals surface area contributed by atoms with Gasteiger partial charge in [0.15, 0.2) is 0 Å². The second-order valence-electron chi connectivity index (χ2n) is 8.11. The summed E-state index contributed by atoms with van der Waals surface area (Å²) < 4.78 is 1.47. The third-order valence-electron chi connectivity index (χ3n) is 6.59. The van der Waals surface area contributed by atoms with Crippen molar-refractivity contribution in [3.8, 4) is 0 Å². The maximum Gasteiger partial charge on any atom is 0.244 e. The number of carbonyl (C=O) groups excluding carboxylic acids is 2. The number of aromatic nitrogens is 3. The summed E-state index contributed by atoms with van der Waals surface area (Å²) in [6.07, 6.45) is 10.3. The molecule has 3 heterocycles. The Bertz CT molecular complexity index is 773. The highest BCUT2D eigenvalue weighted by atomic mass is 16.2. The van der Waals surface area contributed by atoms with Gasteiger partial charge in [0.2, 0.25) is 17.8 Å². The molecule has 0 radical (unpaired) electrons. The molecule has 5 atom stereocenters. The van der Waals surface area contributed by atoms with E-state index in [1.807, 2.05) is 4.90 Å². The van der Waals surface area contributed by atoms with Gasteiger partial charge >= 0.3 is 0 Å². The zero-order chi connectivity index (χ0) is 17.8. The molecule has 8 heteroatoms. The van der Waals surface area contributed by atoms with Crippen LogP contribution in [0.5, 0.6) is 0 Å². The minimum absolute atomic E-state index is 0.0224. The van der Waals surface area contributed by atoms with Crippen LogP contribution in [0.15, 0.2) is 18.5 Å². The number of fused-ring (bicyclic) bond motifs is 4. The van der Waals surface area contributed by atoms with Crippen molar-refractivity contribution in [2.75, 3.05) is 18.8 Å². The Labute approximate surface area is 152 Å². The minimum Gasteiger partial charge on any atom is -0.367 e. The fourth-order valence-corrected chi connectivity index (χ4v) is 5.29. The monoisotopic (exact) mass is 356 g/mol. The summed E-state index contributed by atoms with van der Waals surface area (Å²) in [6, 6.07) is 0.301. The van der Waals surface area contributed by atoms with Gasteiger partial charge in [-0.2, -0.15) is 0 Å². The lowest BCUT2D eigenvalue weighted by molar-refractivity contribution is -0.144. The predicted molar refractivity (Wildman–Crippen MR) is 93.5 cm³/mol. The molecule has 2 saturated heterocycles. The van der Waals surface area contributed by atoms with E-state index in [0.717, 1.165) is 19.3 Å². The molecule has 1 saturated carbocycles. The number of nitrogens with zero attached hydrogens (tertiary/aromatic N) is 5. The van der Waals surface area contributed by atoms with E-state index in [2.05, 4.69) is 27.1 Å². The summed E-state index contributed by atoms with van der Waals surface area (Å²) in [5, 5.41) is 3.98. The number of amides is 2. The van der Waals surface area contributed by atoms with Gasteiger partial charge in [-0.1, -0.05) is 12.2 Å². The molecule has 4 bridgehead atoms. The summed E-state index contributed by atoms with van der Waals surface area (Å²) in [6.45, 7) is 1.46. The Morgan fingerprint density at radius 2 is 1.92 bits per heavy atom. The van der Waals surface area contributed by atoms with E-state index in [9.17, 15) is 9.59 Å². The number of hydrogen-bond acceptors (Lipinski definition) is 5. The van der Waals surface area contributed by atoms with E-state index < -0.39 is 0 Å². The minimum atomic E-state index is 0.0224. The van der Waals surface area contributed by atoms with Crippen molar-refractivity contribution < 1.29 is 9.59 Å².